The predicted molar refractivity (Wildman–Crippen MR) is 109 cm³/mol. The quantitative estimate of drug-likeness (QED) is 0.591. The van der Waals surface area contributed by atoms with Crippen molar-refractivity contribution in [3.8, 4) is 0 Å². The number of hydrogen-bond acceptors (Lipinski definition) is 7. The topological polar surface area (TPSA) is 113 Å². The summed E-state index contributed by atoms with van der Waals surface area (Å²) in [4.78, 5) is 25.6. The van der Waals surface area contributed by atoms with E-state index in [1.54, 1.807) is 34.6 Å². The maximum absolute atomic E-state index is 13.0. The number of cyclic esters (lactones) is 1. The second-order valence-corrected chi connectivity index (χ2v) is 9.38. The average molecular weight is 417 g/mol. The fourth-order valence-corrected chi connectivity index (χ4v) is 4.59. The number of Topliss-reactive ketones (excluding diaryl/α,β-unsaturated/α-hetero) is 1. The SMILES string of the molecule is CC[C@H]1OC(=O)[C@H](C)C[C@H](C)[C@@H](O)[C@](C)(OC)C[C@@H](C)C(=O)[C@H](C)[C@@H](O)[C@]1(C)O. The van der Waals surface area contributed by atoms with Crippen LogP contribution in [-0.2, 0) is 19.1 Å². The Labute approximate surface area is 174 Å². The number of aliphatic hydroxyl groups is 3. The molecule has 0 radical (unpaired) electrons. The van der Waals surface area contributed by atoms with Crippen LogP contribution < -0.4 is 0 Å². The normalized spacial score (nSPS) is 46.1. The predicted octanol–water partition coefficient (Wildman–Crippen LogP) is 2.09. The van der Waals surface area contributed by atoms with E-state index >= 15 is 0 Å². The number of ketones is 1. The van der Waals surface area contributed by atoms with Crippen molar-refractivity contribution in [2.75, 3.05) is 7.11 Å². The van der Waals surface area contributed by atoms with Crippen molar-refractivity contribution in [2.45, 2.75) is 97.2 Å². The van der Waals surface area contributed by atoms with Crippen LogP contribution in [0, 0.1) is 23.7 Å². The van der Waals surface area contributed by atoms with Crippen molar-refractivity contribution in [3.05, 3.63) is 0 Å². The van der Waals surface area contributed by atoms with Crippen molar-refractivity contribution in [1.82, 2.24) is 0 Å². The first-order valence-corrected chi connectivity index (χ1v) is 10.6. The second kappa shape index (κ2) is 9.86. The van der Waals surface area contributed by atoms with E-state index in [0.29, 0.717) is 12.8 Å². The molecular weight excluding hydrogens is 376 g/mol. The van der Waals surface area contributed by atoms with E-state index < -0.39 is 53.2 Å². The molecule has 1 heterocycles. The third-order valence-corrected chi connectivity index (χ3v) is 6.76. The van der Waals surface area contributed by atoms with Gasteiger partial charge in [0.1, 0.15) is 17.5 Å². The summed E-state index contributed by atoms with van der Waals surface area (Å²) in [5, 5.41) is 32.7. The van der Waals surface area contributed by atoms with Gasteiger partial charge < -0.3 is 24.8 Å². The van der Waals surface area contributed by atoms with Crippen molar-refractivity contribution in [1.29, 1.82) is 0 Å². The third-order valence-electron chi connectivity index (χ3n) is 6.76. The van der Waals surface area contributed by atoms with Crippen LogP contribution in [0.1, 0.15) is 67.7 Å². The van der Waals surface area contributed by atoms with E-state index in [0.717, 1.165) is 0 Å². The fraction of sp³-hybridized carbons (Fsp3) is 0.909. The summed E-state index contributed by atoms with van der Waals surface area (Å²) in [6.07, 6.45) is -2.36. The highest BCUT2D eigenvalue weighted by molar-refractivity contribution is 5.83. The summed E-state index contributed by atoms with van der Waals surface area (Å²) in [5.74, 6) is -2.94. The summed E-state index contributed by atoms with van der Waals surface area (Å²) >= 11 is 0. The molecule has 1 saturated heterocycles. The molecule has 0 aliphatic carbocycles. The monoisotopic (exact) mass is 416 g/mol. The van der Waals surface area contributed by atoms with Gasteiger partial charge in [0.15, 0.2) is 0 Å². The van der Waals surface area contributed by atoms with Gasteiger partial charge >= 0.3 is 5.97 Å². The van der Waals surface area contributed by atoms with Crippen molar-refractivity contribution in [2.24, 2.45) is 23.7 Å². The van der Waals surface area contributed by atoms with Crippen LogP contribution in [0.15, 0.2) is 0 Å². The highest BCUT2D eigenvalue weighted by Crippen LogP contribution is 2.35. The number of carbonyl (C=O) groups is 2. The van der Waals surface area contributed by atoms with E-state index in [1.807, 2.05) is 6.92 Å². The largest absolute Gasteiger partial charge is 0.459 e. The maximum atomic E-state index is 13.0. The molecule has 1 fully saturated rings. The Balaban J connectivity index is 3.38. The Morgan fingerprint density at radius 2 is 1.62 bits per heavy atom. The van der Waals surface area contributed by atoms with E-state index in [4.69, 9.17) is 9.47 Å². The molecule has 29 heavy (non-hydrogen) atoms. The standard InChI is InChI=1S/C22H40O7/c1-9-16-22(7,27)19(25)15(5)17(23)14(4)11-21(6,28-8)18(24)12(2)10-13(3)20(26)29-16/h12-16,18-19,24-25,27H,9-11H2,1-8H3/t12-,13+,14+,15-,16+,18+,19+,21+,22+/m0/s1. The van der Waals surface area contributed by atoms with E-state index in [-0.39, 0.29) is 18.1 Å². The van der Waals surface area contributed by atoms with Crippen molar-refractivity contribution < 1.29 is 34.4 Å². The molecule has 0 aromatic rings. The van der Waals surface area contributed by atoms with Crippen LogP contribution in [0.3, 0.4) is 0 Å². The molecule has 0 unspecified atom stereocenters. The molecule has 9 atom stereocenters. The molecule has 0 aromatic heterocycles. The number of aliphatic hydroxyl groups excluding tert-OH is 2. The van der Waals surface area contributed by atoms with E-state index in [1.165, 1.54) is 14.0 Å². The van der Waals surface area contributed by atoms with Crippen LogP contribution in [0.5, 0.6) is 0 Å². The van der Waals surface area contributed by atoms with Gasteiger partial charge in [0, 0.05) is 18.9 Å². The molecule has 0 aromatic carbocycles. The Morgan fingerprint density at radius 1 is 1.07 bits per heavy atom. The zero-order valence-corrected chi connectivity index (χ0v) is 19.1. The highest BCUT2D eigenvalue weighted by atomic mass is 16.6. The molecule has 1 aliphatic heterocycles. The van der Waals surface area contributed by atoms with Gasteiger partial charge in [0.2, 0.25) is 0 Å². The molecule has 3 N–H and O–H groups in total. The van der Waals surface area contributed by atoms with Crippen LogP contribution in [-0.4, -0.2) is 63.7 Å². The van der Waals surface area contributed by atoms with Gasteiger partial charge in [-0.25, -0.2) is 0 Å². The smallest absolute Gasteiger partial charge is 0.309 e. The molecule has 0 saturated carbocycles. The van der Waals surface area contributed by atoms with Crippen LogP contribution in [0.25, 0.3) is 0 Å². The zero-order valence-electron chi connectivity index (χ0n) is 19.1. The molecule has 0 spiro atoms. The highest BCUT2D eigenvalue weighted by Gasteiger charge is 2.47. The summed E-state index contributed by atoms with van der Waals surface area (Å²) in [7, 11) is 1.49. The van der Waals surface area contributed by atoms with Crippen LogP contribution >= 0.6 is 0 Å². The Kier molecular flexibility index (Phi) is 8.84. The lowest BCUT2D eigenvalue weighted by Crippen LogP contribution is -2.56. The van der Waals surface area contributed by atoms with Gasteiger partial charge in [-0.3, -0.25) is 9.59 Å². The molecular formula is C22H40O7. The minimum Gasteiger partial charge on any atom is -0.459 e. The molecule has 7 nitrogen and oxygen atoms in total. The fourth-order valence-electron chi connectivity index (χ4n) is 4.59. The van der Waals surface area contributed by atoms with Gasteiger partial charge in [-0.15, -0.1) is 0 Å². The first-order chi connectivity index (χ1) is 13.2. The molecule has 1 rings (SSSR count). The Hall–Kier alpha value is -1.02. The molecule has 1 aliphatic rings. The summed E-state index contributed by atoms with van der Waals surface area (Å²) in [6, 6.07) is 0. The Bertz CT molecular complexity index is 576. The lowest BCUT2D eigenvalue weighted by atomic mass is 9.74. The number of hydrogen-bond donors (Lipinski definition) is 3. The lowest BCUT2D eigenvalue weighted by molar-refractivity contribution is -0.191. The van der Waals surface area contributed by atoms with Crippen molar-refractivity contribution >= 4 is 11.8 Å². The first kappa shape index (κ1) is 26.0. The van der Waals surface area contributed by atoms with Gasteiger partial charge in [-0.1, -0.05) is 34.6 Å². The zero-order chi connectivity index (χ0) is 22.7. The van der Waals surface area contributed by atoms with Gasteiger partial charge in [0.25, 0.3) is 0 Å². The minimum absolute atomic E-state index is 0.243. The maximum Gasteiger partial charge on any atom is 0.309 e. The third kappa shape index (κ3) is 5.57. The van der Waals surface area contributed by atoms with Gasteiger partial charge in [0.05, 0.1) is 23.7 Å². The van der Waals surface area contributed by atoms with Crippen LogP contribution in [0.4, 0.5) is 0 Å². The van der Waals surface area contributed by atoms with Gasteiger partial charge in [-0.2, -0.15) is 0 Å². The number of methoxy groups -OCH3 is 1. The van der Waals surface area contributed by atoms with E-state index in [9.17, 15) is 24.9 Å². The summed E-state index contributed by atoms with van der Waals surface area (Å²) in [6.45, 7) is 11.7. The number of carbonyl (C=O) groups excluding carboxylic acids is 2. The Morgan fingerprint density at radius 3 is 2.10 bits per heavy atom. The minimum atomic E-state index is -1.78. The number of rotatable bonds is 2. The molecule has 170 valence electrons. The first-order valence-electron chi connectivity index (χ1n) is 10.6. The number of ether oxygens (including phenoxy) is 2. The molecule has 0 amide bonds. The van der Waals surface area contributed by atoms with Crippen molar-refractivity contribution in [3.63, 3.8) is 0 Å². The average Bonchev–Trinajstić information content (AvgIpc) is 2.67. The molecule has 7 heteroatoms. The van der Waals surface area contributed by atoms with Gasteiger partial charge in [-0.05, 0) is 39.0 Å². The molecule has 0 bridgehead atoms. The number of esters is 1. The summed E-state index contributed by atoms with van der Waals surface area (Å²) in [5.41, 5.74) is -2.78. The lowest BCUT2D eigenvalue weighted by Gasteiger charge is -2.42. The van der Waals surface area contributed by atoms with Crippen LogP contribution in [0.2, 0.25) is 0 Å². The van der Waals surface area contributed by atoms with E-state index in [2.05, 4.69) is 0 Å². The summed E-state index contributed by atoms with van der Waals surface area (Å²) < 4.78 is 11.2. The second-order valence-electron chi connectivity index (χ2n) is 9.38.